The molecule has 0 saturated heterocycles. The van der Waals surface area contributed by atoms with Gasteiger partial charge in [-0.3, -0.25) is 4.79 Å². The molecule has 0 saturated carbocycles. The van der Waals surface area contributed by atoms with Crippen molar-refractivity contribution in [3.63, 3.8) is 0 Å². The van der Waals surface area contributed by atoms with Crippen molar-refractivity contribution in [3.05, 3.63) is 29.8 Å². The van der Waals surface area contributed by atoms with Crippen LogP contribution in [0, 0.1) is 0 Å². The number of anilines is 1. The van der Waals surface area contributed by atoms with Crippen LogP contribution in [0.5, 0.6) is 0 Å². The lowest BCUT2D eigenvalue weighted by Crippen LogP contribution is -2.54. The lowest BCUT2D eigenvalue weighted by atomic mass is 9.75. The molecule has 0 radical (unpaired) electrons. The Morgan fingerprint density at radius 3 is 2.50 bits per heavy atom. The number of carbonyl (C=O) groups excluding carboxylic acids is 1. The van der Waals surface area contributed by atoms with Crippen LogP contribution < -0.4 is 4.90 Å². The lowest BCUT2D eigenvalue weighted by Gasteiger charge is -2.49. The van der Waals surface area contributed by atoms with Gasteiger partial charge in [0.15, 0.2) is 0 Å². The zero-order chi connectivity index (χ0) is 13.3. The summed E-state index contributed by atoms with van der Waals surface area (Å²) in [6.45, 7) is 8.35. The molecular formula is C16H23NO. The molecule has 2 nitrogen and oxygen atoms in total. The standard InChI is InChI=1S/C16H23NO/c1-5-16(6-2)11-12(3)14-9-7-8-10-15(14)17(16)13(4)18/h7-10,12H,5-6,11H2,1-4H3. The molecule has 0 fully saturated rings. The number of rotatable bonds is 2. The van der Waals surface area contributed by atoms with Crippen LogP contribution >= 0.6 is 0 Å². The van der Waals surface area contributed by atoms with Gasteiger partial charge >= 0.3 is 0 Å². The fourth-order valence-corrected chi connectivity index (χ4v) is 3.49. The molecule has 0 aromatic heterocycles. The van der Waals surface area contributed by atoms with E-state index in [4.69, 9.17) is 0 Å². The summed E-state index contributed by atoms with van der Waals surface area (Å²) in [5.74, 6) is 0.690. The number of para-hydroxylation sites is 1. The molecule has 2 heteroatoms. The maximum Gasteiger partial charge on any atom is 0.224 e. The first-order chi connectivity index (χ1) is 8.55. The van der Waals surface area contributed by atoms with E-state index in [0.717, 1.165) is 24.9 Å². The molecule has 1 atom stereocenters. The number of amides is 1. The summed E-state index contributed by atoms with van der Waals surface area (Å²) in [5, 5.41) is 0. The molecule has 2 rings (SSSR count). The molecular weight excluding hydrogens is 222 g/mol. The molecule has 1 heterocycles. The molecule has 0 bridgehead atoms. The predicted octanol–water partition coefficient (Wildman–Crippen LogP) is 4.11. The summed E-state index contributed by atoms with van der Waals surface area (Å²) in [5.41, 5.74) is 2.43. The molecule has 98 valence electrons. The van der Waals surface area contributed by atoms with E-state index in [2.05, 4.69) is 39.0 Å². The monoisotopic (exact) mass is 245 g/mol. The fourth-order valence-electron chi connectivity index (χ4n) is 3.49. The number of carbonyl (C=O) groups is 1. The van der Waals surface area contributed by atoms with Crippen LogP contribution in [-0.2, 0) is 4.79 Å². The number of nitrogens with zero attached hydrogens (tertiary/aromatic N) is 1. The summed E-state index contributed by atoms with van der Waals surface area (Å²) in [4.78, 5) is 14.2. The summed E-state index contributed by atoms with van der Waals surface area (Å²) >= 11 is 0. The largest absolute Gasteiger partial charge is 0.306 e. The second-order valence-electron chi connectivity index (χ2n) is 5.45. The zero-order valence-electron chi connectivity index (χ0n) is 11.9. The quantitative estimate of drug-likeness (QED) is 0.768. The molecule has 1 aromatic rings. The zero-order valence-corrected chi connectivity index (χ0v) is 11.9. The molecule has 1 aliphatic heterocycles. The van der Waals surface area contributed by atoms with Crippen molar-refractivity contribution >= 4 is 11.6 Å². The normalized spacial score (nSPS) is 21.6. The minimum Gasteiger partial charge on any atom is -0.306 e. The van der Waals surface area contributed by atoms with Gasteiger partial charge < -0.3 is 4.90 Å². The second kappa shape index (κ2) is 4.75. The Balaban J connectivity index is 2.60. The first-order valence-corrected chi connectivity index (χ1v) is 6.95. The van der Waals surface area contributed by atoms with Gasteiger partial charge in [-0.2, -0.15) is 0 Å². The van der Waals surface area contributed by atoms with Gasteiger partial charge in [0.2, 0.25) is 5.91 Å². The van der Waals surface area contributed by atoms with Gasteiger partial charge in [-0.05, 0) is 36.8 Å². The van der Waals surface area contributed by atoms with E-state index in [-0.39, 0.29) is 11.4 Å². The third-order valence-electron chi connectivity index (χ3n) is 4.50. The van der Waals surface area contributed by atoms with Crippen LogP contribution in [0.2, 0.25) is 0 Å². The van der Waals surface area contributed by atoms with Gasteiger partial charge in [0.05, 0.1) is 0 Å². The van der Waals surface area contributed by atoms with Crippen molar-refractivity contribution in [1.29, 1.82) is 0 Å². The molecule has 0 spiro atoms. The molecule has 1 unspecified atom stereocenters. The van der Waals surface area contributed by atoms with E-state index >= 15 is 0 Å². The van der Waals surface area contributed by atoms with E-state index in [1.165, 1.54) is 5.56 Å². The van der Waals surface area contributed by atoms with E-state index < -0.39 is 0 Å². The van der Waals surface area contributed by atoms with E-state index in [1.54, 1.807) is 6.92 Å². The molecule has 1 amide bonds. The maximum atomic E-state index is 12.1. The van der Waals surface area contributed by atoms with Crippen LogP contribution in [0.3, 0.4) is 0 Å². The van der Waals surface area contributed by atoms with E-state index in [9.17, 15) is 4.79 Å². The van der Waals surface area contributed by atoms with Crippen molar-refractivity contribution < 1.29 is 4.79 Å². The van der Waals surface area contributed by atoms with Gasteiger partial charge in [-0.15, -0.1) is 0 Å². The van der Waals surface area contributed by atoms with Crippen LogP contribution in [-0.4, -0.2) is 11.4 Å². The molecule has 18 heavy (non-hydrogen) atoms. The van der Waals surface area contributed by atoms with Crippen LogP contribution in [0.25, 0.3) is 0 Å². The molecule has 0 aliphatic carbocycles. The van der Waals surface area contributed by atoms with Gasteiger partial charge in [0, 0.05) is 18.2 Å². The highest BCUT2D eigenvalue weighted by Gasteiger charge is 2.42. The Kier molecular flexibility index (Phi) is 3.47. The first-order valence-electron chi connectivity index (χ1n) is 6.95. The SMILES string of the molecule is CCC1(CC)CC(C)c2ccccc2N1C(C)=O. The molecule has 0 N–H and O–H groups in total. The van der Waals surface area contributed by atoms with Gasteiger partial charge in [-0.1, -0.05) is 39.0 Å². The van der Waals surface area contributed by atoms with E-state index in [0.29, 0.717) is 5.92 Å². The Bertz CT molecular complexity index is 448. The minimum atomic E-state index is -0.000394. The number of hydrogen-bond acceptors (Lipinski definition) is 1. The Labute approximate surface area is 110 Å². The van der Waals surface area contributed by atoms with Crippen LogP contribution in [0.1, 0.15) is 58.4 Å². The summed E-state index contributed by atoms with van der Waals surface area (Å²) in [7, 11) is 0. The second-order valence-corrected chi connectivity index (χ2v) is 5.45. The maximum absolute atomic E-state index is 12.1. The van der Waals surface area contributed by atoms with Crippen molar-refractivity contribution in [2.24, 2.45) is 0 Å². The van der Waals surface area contributed by atoms with Crippen molar-refractivity contribution in [2.45, 2.75) is 58.4 Å². The highest BCUT2D eigenvalue weighted by molar-refractivity contribution is 5.94. The van der Waals surface area contributed by atoms with Gasteiger partial charge in [-0.25, -0.2) is 0 Å². The minimum absolute atomic E-state index is 0.000394. The number of hydrogen-bond donors (Lipinski definition) is 0. The topological polar surface area (TPSA) is 20.3 Å². The third kappa shape index (κ3) is 1.84. The van der Waals surface area contributed by atoms with Crippen molar-refractivity contribution in [1.82, 2.24) is 0 Å². The lowest BCUT2D eigenvalue weighted by molar-refractivity contribution is -0.118. The van der Waals surface area contributed by atoms with Gasteiger partial charge in [0.1, 0.15) is 0 Å². The predicted molar refractivity (Wildman–Crippen MR) is 75.9 cm³/mol. The van der Waals surface area contributed by atoms with Crippen LogP contribution in [0.15, 0.2) is 24.3 Å². The average Bonchev–Trinajstić information content (AvgIpc) is 2.38. The summed E-state index contributed by atoms with van der Waals surface area (Å²) < 4.78 is 0. The Hall–Kier alpha value is -1.31. The highest BCUT2D eigenvalue weighted by atomic mass is 16.2. The molecule has 1 aliphatic rings. The molecule has 1 aromatic carbocycles. The van der Waals surface area contributed by atoms with Crippen molar-refractivity contribution in [3.8, 4) is 0 Å². The highest BCUT2D eigenvalue weighted by Crippen LogP contribution is 2.46. The summed E-state index contributed by atoms with van der Waals surface area (Å²) in [6.07, 6.45) is 3.10. The Morgan fingerprint density at radius 2 is 1.94 bits per heavy atom. The van der Waals surface area contributed by atoms with Gasteiger partial charge in [0.25, 0.3) is 0 Å². The number of benzene rings is 1. The summed E-state index contributed by atoms with van der Waals surface area (Å²) in [6, 6.07) is 8.35. The van der Waals surface area contributed by atoms with Crippen molar-refractivity contribution in [2.75, 3.05) is 4.90 Å². The van der Waals surface area contributed by atoms with E-state index in [1.807, 2.05) is 11.0 Å². The van der Waals surface area contributed by atoms with Crippen LogP contribution in [0.4, 0.5) is 5.69 Å². The number of fused-ring (bicyclic) bond motifs is 1. The smallest absolute Gasteiger partial charge is 0.224 e. The first kappa shape index (κ1) is 13.1. The average molecular weight is 245 g/mol. The fraction of sp³-hybridized carbons (Fsp3) is 0.562. The Morgan fingerprint density at radius 1 is 1.33 bits per heavy atom. The third-order valence-corrected chi connectivity index (χ3v) is 4.50.